The molecule has 2 N–H and O–H groups in total. The average molecular weight is 338 g/mol. The molecule has 3 rings (SSSR count). The molecule has 0 radical (unpaired) electrons. The molecule has 2 aliphatic rings. The van der Waals surface area contributed by atoms with Gasteiger partial charge in [0.15, 0.2) is 6.04 Å². The summed E-state index contributed by atoms with van der Waals surface area (Å²) in [7, 11) is 1.51. The number of benzene rings is 1. The third-order valence-electron chi connectivity index (χ3n) is 5.08. The molecule has 1 fully saturated rings. The van der Waals surface area contributed by atoms with Gasteiger partial charge >= 0.3 is 0 Å². The third-order valence-corrected chi connectivity index (χ3v) is 5.08. The van der Waals surface area contributed by atoms with Crippen LogP contribution in [0.25, 0.3) is 0 Å². The van der Waals surface area contributed by atoms with Gasteiger partial charge in [-0.05, 0) is 36.8 Å². The summed E-state index contributed by atoms with van der Waals surface area (Å²) >= 11 is 0. The van der Waals surface area contributed by atoms with Crippen LogP contribution in [-0.2, 0) is 4.79 Å². The molecule has 0 bridgehead atoms. The Bertz CT molecular complexity index is 621. The first-order valence-electron chi connectivity index (χ1n) is 8.54. The Morgan fingerprint density at radius 3 is 2.71 bits per heavy atom. The van der Waals surface area contributed by atoms with Gasteiger partial charge in [-0.3, -0.25) is 4.79 Å². The molecule has 1 amide bonds. The van der Waals surface area contributed by atoms with E-state index in [0.717, 1.165) is 24.7 Å². The summed E-state index contributed by atoms with van der Waals surface area (Å²) in [6.07, 6.45) is 3.21. The van der Waals surface area contributed by atoms with Crippen LogP contribution in [0.3, 0.4) is 0 Å². The van der Waals surface area contributed by atoms with E-state index in [1.165, 1.54) is 13.5 Å². The Morgan fingerprint density at radius 2 is 2.04 bits per heavy atom. The highest BCUT2D eigenvalue weighted by molar-refractivity contribution is 6.03. The van der Waals surface area contributed by atoms with Gasteiger partial charge in [0.1, 0.15) is 5.75 Å². The van der Waals surface area contributed by atoms with E-state index in [2.05, 4.69) is 17.6 Å². The van der Waals surface area contributed by atoms with E-state index >= 15 is 0 Å². The topological polar surface area (TPSA) is 50.4 Å². The predicted octanol–water partition coefficient (Wildman–Crippen LogP) is 4.28. The lowest BCUT2D eigenvalue weighted by molar-refractivity contribution is -0.126. The summed E-state index contributed by atoms with van der Waals surface area (Å²) in [6, 6.07) is 3.41. The predicted molar refractivity (Wildman–Crippen MR) is 89.7 cm³/mol. The second-order valence-corrected chi connectivity index (χ2v) is 6.96. The van der Waals surface area contributed by atoms with Gasteiger partial charge in [0.25, 0.3) is 11.8 Å². The number of hydrogen-bond acceptors (Lipinski definition) is 3. The van der Waals surface area contributed by atoms with Crippen molar-refractivity contribution in [2.24, 2.45) is 11.8 Å². The smallest absolute Gasteiger partial charge is 0.276 e. The van der Waals surface area contributed by atoms with Crippen molar-refractivity contribution in [3.05, 3.63) is 18.2 Å². The van der Waals surface area contributed by atoms with E-state index in [-0.39, 0.29) is 6.42 Å². The number of fused-ring (bicyclic) bond motifs is 1. The van der Waals surface area contributed by atoms with Gasteiger partial charge in [-0.25, -0.2) is 8.78 Å². The standard InChI is InChI=1S/C18H24F2N2O2/c1-11-9-12(11)5-3-4-8-18(19,20)16-17(23)22-15-10-13(24-2)6-7-14(15)21-16/h6-7,10-12,16,21H,3-5,8-9H2,1-2H3,(H,22,23). The molecule has 4 nitrogen and oxygen atoms in total. The van der Waals surface area contributed by atoms with Crippen molar-refractivity contribution in [2.45, 2.75) is 51.0 Å². The number of ether oxygens (including phenoxy) is 1. The Kier molecular flexibility index (Phi) is 4.65. The van der Waals surface area contributed by atoms with Gasteiger partial charge in [-0.2, -0.15) is 0 Å². The minimum absolute atomic E-state index is 0.273. The molecular formula is C18H24F2N2O2. The van der Waals surface area contributed by atoms with Crippen LogP contribution in [0.15, 0.2) is 18.2 Å². The van der Waals surface area contributed by atoms with E-state index in [1.54, 1.807) is 18.2 Å². The molecule has 1 heterocycles. The van der Waals surface area contributed by atoms with Gasteiger partial charge in [0.2, 0.25) is 0 Å². The number of alkyl halides is 2. The summed E-state index contributed by atoms with van der Waals surface area (Å²) in [5, 5.41) is 5.24. The Hall–Kier alpha value is -1.85. The largest absolute Gasteiger partial charge is 0.497 e. The fourth-order valence-corrected chi connectivity index (χ4v) is 3.32. The number of methoxy groups -OCH3 is 1. The molecule has 1 saturated carbocycles. The van der Waals surface area contributed by atoms with E-state index in [0.29, 0.717) is 23.5 Å². The van der Waals surface area contributed by atoms with Crippen molar-refractivity contribution >= 4 is 17.3 Å². The zero-order valence-corrected chi connectivity index (χ0v) is 14.1. The van der Waals surface area contributed by atoms with Crippen LogP contribution in [0.1, 0.15) is 39.0 Å². The maximum atomic E-state index is 14.5. The zero-order chi connectivity index (χ0) is 17.3. The molecule has 1 aliphatic heterocycles. The van der Waals surface area contributed by atoms with Crippen molar-refractivity contribution in [1.29, 1.82) is 0 Å². The number of hydrogen-bond donors (Lipinski definition) is 2. The summed E-state index contributed by atoms with van der Waals surface area (Å²) in [4.78, 5) is 12.1. The average Bonchev–Trinajstić information content (AvgIpc) is 3.25. The van der Waals surface area contributed by atoms with Crippen molar-refractivity contribution in [2.75, 3.05) is 17.7 Å². The van der Waals surface area contributed by atoms with Gasteiger partial charge in [0.05, 0.1) is 18.5 Å². The van der Waals surface area contributed by atoms with Crippen LogP contribution >= 0.6 is 0 Å². The summed E-state index contributed by atoms with van der Waals surface area (Å²) in [6.45, 7) is 2.20. The van der Waals surface area contributed by atoms with Crippen LogP contribution in [0.4, 0.5) is 20.2 Å². The summed E-state index contributed by atoms with van der Waals surface area (Å²) in [5.41, 5.74) is 0.959. The Labute approximate surface area is 141 Å². The number of unbranched alkanes of at least 4 members (excludes halogenated alkanes) is 1. The second-order valence-electron chi connectivity index (χ2n) is 6.96. The first-order valence-corrected chi connectivity index (χ1v) is 8.54. The number of carbonyl (C=O) groups is 1. The third kappa shape index (κ3) is 3.62. The van der Waals surface area contributed by atoms with Gasteiger partial charge in [0, 0.05) is 12.5 Å². The highest BCUT2D eigenvalue weighted by atomic mass is 19.3. The lowest BCUT2D eigenvalue weighted by Gasteiger charge is -2.32. The second kappa shape index (κ2) is 6.57. The maximum Gasteiger partial charge on any atom is 0.276 e. The molecular weight excluding hydrogens is 314 g/mol. The summed E-state index contributed by atoms with van der Waals surface area (Å²) in [5.74, 6) is -1.73. The Morgan fingerprint density at radius 1 is 1.29 bits per heavy atom. The number of carbonyl (C=O) groups excluding carboxylic acids is 1. The minimum Gasteiger partial charge on any atom is -0.497 e. The van der Waals surface area contributed by atoms with Gasteiger partial charge < -0.3 is 15.4 Å². The first-order chi connectivity index (χ1) is 11.4. The number of halogens is 2. The molecule has 1 aliphatic carbocycles. The number of rotatable bonds is 7. The normalized spacial score (nSPS) is 25.5. The van der Waals surface area contributed by atoms with Crippen LogP contribution < -0.4 is 15.4 Å². The zero-order valence-electron chi connectivity index (χ0n) is 14.1. The minimum atomic E-state index is -3.07. The Balaban J connectivity index is 1.59. The van der Waals surface area contributed by atoms with Crippen LogP contribution in [0.5, 0.6) is 5.75 Å². The molecule has 3 atom stereocenters. The van der Waals surface area contributed by atoms with Crippen molar-refractivity contribution in [3.63, 3.8) is 0 Å². The lowest BCUT2D eigenvalue weighted by Crippen LogP contribution is -2.51. The van der Waals surface area contributed by atoms with Crippen LogP contribution in [0, 0.1) is 11.8 Å². The number of nitrogens with one attached hydrogen (secondary N) is 2. The van der Waals surface area contributed by atoms with Crippen LogP contribution in [0.2, 0.25) is 0 Å². The molecule has 0 aromatic heterocycles. The molecule has 132 valence electrons. The maximum absolute atomic E-state index is 14.5. The summed E-state index contributed by atoms with van der Waals surface area (Å²) < 4.78 is 34.0. The number of amides is 1. The molecule has 3 unspecified atom stereocenters. The van der Waals surface area contributed by atoms with E-state index in [9.17, 15) is 13.6 Å². The van der Waals surface area contributed by atoms with Gasteiger partial charge in [-0.1, -0.05) is 19.8 Å². The van der Waals surface area contributed by atoms with Crippen molar-refractivity contribution < 1.29 is 18.3 Å². The van der Waals surface area contributed by atoms with E-state index < -0.39 is 17.9 Å². The molecule has 0 saturated heterocycles. The monoisotopic (exact) mass is 338 g/mol. The molecule has 1 aromatic rings. The lowest BCUT2D eigenvalue weighted by atomic mass is 9.98. The first kappa shape index (κ1) is 17.0. The highest BCUT2D eigenvalue weighted by Gasteiger charge is 2.46. The number of anilines is 2. The van der Waals surface area contributed by atoms with Crippen molar-refractivity contribution in [3.8, 4) is 5.75 Å². The fraction of sp³-hybridized carbons (Fsp3) is 0.611. The van der Waals surface area contributed by atoms with E-state index in [4.69, 9.17) is 4.74 Å². The molecule has 24 heavy (non-hydrogen) atoms. The molecule has 0 spiro atoms. The van der Waals surface area contributed by atoms with Crippen molar-refractivity contribution in [1.82, 2.24) is 0 Å². The van der Waals surface area contributed by atoms with E-state index in [1.807, 2.05) is 0 Å². The quantitative estimate of drug-likeness (QED) is 0.730. The van der Waals surface area contributed by atoms with Gasteiger partial charge in [-0.15, -0.1) is 0 Å². The molecule has 6 heteroatoms. The SMILES string of the molecule is COc1ccc2c(c1)NC(=O)C(C(F)(F)CCCCC1CC1C)N2. The molecule has 1 aromatic carbocycles. The highest BCUT2D eigenvalue weighted by Crippen LogP contribution is 2.42. The fourth-order valence-electron chi connectivity index (χ4n) is 3.32. The van der Waals surface area contributed by atoms with Crippen LogP contribution in [-0.4, -0.2) is 25.0 Å².